The van der Waals surface area contributed by atoms with Crippen molar-refractivity contribution >= 4 is 22.2 Å². The van der Waals surface area contributed by atoms with Crippen molar-refractivity contribution in [2.24, 2.45) is 0 Å². The van der Waals surface area contributed by atoms with Crippen molar-refractivity contribution in [3.8, 4) is 0 Å². The van der Waals surface area contributed by atoms with E-state index in [9.17, 15) is 23.3 Å². The number of nitrogens with zero attached hydrogens (tertiary/aromatic N) is 2. The molecule has 1 heterocycles. The Morgan fingerprint density at radius 3 is 2.80 bits per heavy atom. The summed E-state index contributed by atoms with van der Waals surface area (Å²) < 4.78 is 26.9. The lowest BCUT2D eigenvalue weighted by atomic mass is 10.1. The third kappa shape index (κ3) is 2.69. The maximum Gasteiger partial charge on any atom is 0.280 e. The predicted octanol–water partition coefficient (Wildman–Crippen LogP) is 0.121. The van der Waals surface area contributed by atoms with Crippen LogP contribution in [-0.2, 0) is 21.5 Å². The summed E-state index contributed by atoms with van der Waals surface area (Å²) in [6.07, 6.45) is 0.526. The van der Waals surface area contributed by atoms with Gasteiger partial charge in [-0.2, -0.15) is 17.4 Å². The van der Waals surface area contributed by atoms with Crippen molar-refractivity contribution in [2.75, 3.05) is 6.54 Å². The highest BCUT2D eigenvalue weighted by atomic mass is 32.2. The zero-order valence-electron chi connectivity index (χ0n) is 10.6. The lowest BCUT2D eigenvalue weighted by Gasteiger charge is -2.14. The van der Waals surface area contributed by atoms with E-state index in [0.29, 0.717) is 17.4 Å². The van der Waals surface area contributed by atoms with Crippen LogP contribution in [0.2, 0.25) is 0 Å². The molecule has 0 radical (unpaired) electrons. The van der Waals surface area contributed by atoms with Crippen molar-refractivity contribution in [2.45, 2.75) is 19.5 Å². The molecule has 1 aromatic rings. The Bertz CT molecular complexity index is 658. The Balaban J connectivity index is 2.29. The standard InChI is InChI=1S/C11H13N3O5S/c1-8-9(3-2-4-11(8)14(16)17)5-13-6-10(7-15)12-20(13,18)19/h2-4,7,10,12H,5-6H2,1H3. The van der Waals surface area contributed by atoms with E-state index in [0.717, 1.165) is 4.31 Å². The van der Waals surface area contributed by atoms with Gasteiger partial charge in [0.15, 0.2) is 0 Å². The van der Waals surface area contributed by atoms with Crippen molar-refractivity contribution in [1.82, 2.24) is 9.03 Å². The highest BCUT2D eigenvalue weighted by Crippen LogP contribution is 2.24. The largest absolute Gasteiger partial charge is 0.302 e. The van der Waals surface area contributed by atoms with Crippen molar-refractivity contribution in [1.29, 1.82) is 0 Å². The summed E-state index contributed by atoms with van der Waals surface area (Å²) in [4.78, 5) is 21.0. The van der Waals surface area contributed by atoms with Gasteiger partial charge in [-0.05, 0) is 12.5 Å². The highest BCUT2D eigenvalue weighted by molar-refractivity contribution is 7.87. The van der Waals surface area contributed by atoms with E-state index in [1.807, 2.05) is 0 Å². The molecule has 0 amide bonds. The summed E-state index contributed by atoms with van der Waals surface area (Å²) in [6.45, 7) is 1.59. The molecule has 0 aliphatic carbocycles. The molecule has 1 atom stereocenters. The number of carbonyl (C=O) groups excluding carboxylic acids is 1. The lowest BCUT2D eigenvalue weighted by molar-refractivity contribution is -0.385. The average molecular weight is 299 g/mol. The number of nitrogens with one attached hydrogen (secondary N) is 1. The zero-order valence-corrected chi connectivity index (χ0v) is 11.5. The summed E-state index contributed by atoms with van der Waals surface area (Å²) in [5, 5.41) is 10.9. The molecule has 108 valence electrons. The number of hydrogen-bond acceptors (Lipinski definition) is 5. The maximum absolute atomic E-state index is 11.8. The molecular formula is C11H13N3O5S. The number of benzene rings is 1. The van der Waals surface area contributed by atoms with Gasteiger partial charge >= 0.3 is 0 Å². The first-order chi connectivity index (χ1) is 9.35. The van der Waals surface area contributed by atoms with Gasteiger partial charge in [-0.15, -0.1) is 0 Å². The van der Waals surface area contributed by atoms with Gasteiger partial charge in [0.2, 0.25) is 0 Å². The smallest absolute Gasteiger partial charge is 0.280 e. The van der Waals surface area contributed by atoms with E-state index in [-0.39, 0.29) is 18.8 Å². The van der Waals surface area contributed by atoms with Gasteiger partial charge < -0.3 is 4.79 Å². The molecule has 8 nitrogen and oxygen atoms in total. The minimum absolute atomic E-state index is 0.00676. The van der Waals surface area contributed by atoms with Gasteiger partial charge in [-0.3, -0.25) is 10.1 Å². The van der Waals surface area contributed by atoms with Gasteiger partial charge in [0.05, 0.1) is 11.0 Å². The zero-order chi connectivity index (χ0) is 14.9. The van der Waals surface area contributed by atoms with Crippen molar-refractivity contribution < 1.29 is 18.1 Å². The molecule has 1 unspecified atom stereocenters. The van der Waals surface area contributed by atoms with E-state index in [1.54, 1.807) is 13.0 Å². The Kier molecular flexibility index (Phi) is 3.84. The predicted molar refractivity (Wildman–Crippen MR) is 70.2 cm³/mol. The van der Waals surface area contributed by atoms with Gasteiger partial charge in [0, 0.05) is 24.7 Å². The molecule has 20 heavy (non-hydrogen) atoms. The number of carbonyl (C=O) groups is 1. The van der Waals surface area contributed by atoms with Crippen LogP contribution in [0.3, 0.4) is 0 Å². The molecule has 0 saturated carbocycles. The Hall–Kier alpha value is -1.84. The van der Waals surface area contributed by atoms with Gasteiger partial charge in [-0.1, -0.05) is 12.1 Å². The molecule has 0 aromatic heterocycles. The Morgan fingerprint density at radius 1 is 1.55 bits per heavy atom. The summed E-state index contributed by atoms with van der Waals surface area (Å²) in [7, 11) is -3.71. The fourth-order valence-electron chi connectivity index (χ4n) is 2.07. The van der Waals surface area contributed by atoms with E-state index in [4.69, 9.17) is 0 Å². The topological polar surface area (TPSA) is 110 Å². The molecule has 1 aliphatic heterocycles. The fraction of sp³-hybridized carbons (Fsp3) is 0.364. The monoisotopic (exact) mass is 299 g/mol. The van der Waals surface area contributed by atoms with Crippen molar-refractivity contribution in [3.05, 3.63) is 39.4 Å². The van der Waals surface area contributed by atoms with Crippen LogP contribution in [0, 0.1) is 17.0 Å². The first kappa shape index (κ1) is 14.6. The van der Waals surface area contributed by atoms with E-state index < -0.39 is 21.2 Å². The van der Waals surface area contributed by atoms with Crippen LogP contribution in [0.1, 0.15) is 11.1 Å². The van der Waals surface area contributed by atoms with Gasteiger partial charge in [-0.25, -0.2) is 0 Å². The van der Waals surface area contributed by atoms with Crippen LogP contribution < -0.4 is 4.72 Å². The van der Waals surface area contributed by atoms with Crippen LogP contribution in [0.15, 0.2) is 18.2 Å². The number of nitro benzene ring substituents is 1. The SMILES string of the molecule is Cc1c(CN2CC(C=O)NS2(=O)=O)cccc1[N+](=O)[O-]. The molecular weight excluding hydrogens is 286 g/mol. The van der Waals surface area contributed by atoms with Crippen LogP contribution in [-0.4, -0.2) is 36.5 Å². The van der Waals surface area contributed by atoms with Crippen LogP contribution in [0.5, 0.6) is 0 Å². The Labute approximate surface area is 115 Å². The lowest BCUT2D eigenvalue weighted by Crippen LogP contribution is -2.30. The second-order valence-electron chi connectivity index (χ2n) is 4.48. The minimum atomic E-state index is -3.71. The molecule has 1 aromatic carbocycles. The van der Waals surface area contributed by atoms with Crippen LogP contribution in [0.25, 0.3) is 0 Å². The number of hydrogen-bond donors (Lipinski definition) is 1. The first-order valence-electron chi connectivity index (χ1n) is 5.80. The summed E-state index contributed by atoms with van der Waals surface area (Å²) in [6, 6.07) is 3.72. The molecule has 9 heteroatoms. The fourth-order valence-corrected chi connectivity index (χ4v) is 3.40. The second kappa shape index (κ2) is 5.27. The molecule has 2 rings (SSSR count). The summed E-state index contributed by atoms with van der Waals surface area (Å²) in [5.41, 5.74) is 0.900. The molecule has 0 spiro atoms. The highest BCUT2D eigenvalue weighted by Gasteiger charge is 2.35. The maximum atomic E-state index is 11.8. The minimum Gasteiger partial charge on any atom is -0.302 e. The first-order valence-corrected chi connectivity index (χ1v) is 7.24. The van der Waals surface area contributed by atoms with E-state index in [2.05, 4.69) is 4.72 Å². The molecule has 0 bridgehead atoms. The van der Waals surface area contributed by atoms with E-state index in [1.165, 1.54) is 12.1 Å². The average Bonchev–Trinajstić information content (AvgIpc) is 2.66. The normalized spacial score (nSPS) is 21.8. The van der Waals surface area contributed by atoms with Gasteiger partial charge in [0.1, 0.15) is 6.29 Å². The van der Waals surface area contributed by atoms with Crippen LogP contribution in [0.4, 0.5) is 5.69 Å². The second-order valence-corrected chi connectivity index (χ2v) is 6.18. The molecule has 1 fully saturated rings. The number of nitro groups is 1. The third-order valence-corrected chi connectivity index (χ3v) is 4.72. The molecule has 1 N–H and O–H groups in total. The Morgan fingerprint density at radius 2 is 2.25 bits per heavy atom. The number of aldehydes is 1. The van der Waals surface area contributed by atoms with E-state index >= 15 is 0 Å². The van der Waals surface area contributed by atoms with Gasteiger partial charge in [0.25, 0.3) is 15.9 Å². The number of rotatable bonds is 4. The quantitative estimate of drug-likeness (QED) is 0.482. The molecule has 1 aliphatic rings. The molecule has 1 saturated heterocycles. The third-order valence-electron chi connectivity index (χ3n) is 3.17. The van der Waals surface area contributed by atoms with Crippen LogP contribution >= 0.6 is 0 Å². The summed E-state index contributed by atoms with van der Waals surface area (Å²) in [5.74, 6) is 0. The van der Waals surface area contributed by atoms with Crippen molar-refractivity contribution in [3.63, 3.8) is 0 Å². The summed E-state index contributed by atoms with van der Waals surface area (Å²) >= 11 is 0.